The molecular weight excluding hydrogens is 939 g/mol. The Morgan fingerprint density at radius 2 is 1.01 bits per heavy atom. The molecule has 2 unspecified atom stereocenters. The Balaban J connectivity index is 0.000000313. The van der Waals surface area contributed by atoms with Gasteiger partial charge in [0.1, 0.15) is 0 Å². The Labute approximate surface area is 460 Å². The van der Waals surface area contributed by atoms with E-state index in [0.717, 1.165) is 5.70 Å². The van der Waals surface area contributed by atoms with Crippen molar-refractivity contribution in [1.29, 1.82) is 0 Å². The van der Waals surface area contributed by atoms with Gasteiger partial charge in [0.15, 0.2) is 0 Å². The predicted molar refractivity (Wildman–Crippen MR) is 334 cm³/mol. The van der Waals surface area contributed by atoms with Crippen LogP contribution < -0.4 is 0 Å². The molecule has 10 aromatic rings. The lowest BCUT2D eigenvalue weighted by molar-refractivity contribution is 0.631. The lowest BCUT2D eigenvalue weighted by Crippen LogP contribution is -2.45. The molecule has 0 saturated heterocycles. The maximum atomic E-state index is 5.01. The molecule has 4 aliphatic carbocycles. The number of aryl methyl sites for hydroxylation is 2. The van der Waals surface area contributed by atoms with E-state index < -0.39 is 10.8 Å². The van der Waals surface area contributed by atoms with Gasteiger partial charge in [0.25, 0.3) is 0 Å². The lowest BCUT2D eigenvalue weighted by atomic mass is 9.51. The number of hydrogen-bond donors (Lipinski definition) is 0. The Morgan fingerprint density at radius 1 is 0.474 bits per heavy atom. The van der Waals surface area contributed by atoms with Gasteiger partial charge in [-0.05, 0) is 180 Å². The highest BCUT2D eigenvalue weighted by Gasteiger charge is 2.60. The van der Waals surface area contributed by atoms with Crippen molar-refractivity contribution < 1.29 is 0 Å². The van der Waals surface area contributed by atoms with Crippen LogP contribution in [0.3, 0.4) is 0 Å². The number of fused-ring (bicyclic) bond motifs is 18. The minimum atomic E-state index is -0.584. The summed E-state index contributed by atoms with van der Waals surface area (Å²) in [5, 5.41) is 7.64. The van der Waals surface area contributed by atoms with E-state index in [4.69, 9.17) is 4.99 Å². The molecule has 5 aliphatic rings. The molecule has 1 heteroatoms. The van der Waals surface area contributed by atoms with Crippen molar-refractivity contribution in [2.75, 3.05) is 0 Å². The first kappa shape index (κ1) is 48.7. The minimum Gasteiger partial charge on any atom is -0.255 e. The van der Waals surface area contributed by atoms with E-state index in [0.29, 0.717) is 0 Å². The molecule has 10 aromatic carbocycles. The normalized spacial score (nSPS) is 18.1. The van der Waals surface area contributed by atoms with Crippen molar-refractivity contribution in [3.05, 3.63) is 315 Å². The second-order valence-corrected chi connectivity index (χ2v) is 21.3. The summed E-state index contributed by atoms with van der Waals surface area (Å²) < 4.78 is 0. The van der Waals surface area contributed by atoms with Gasteiger partial charge in [-0.3, -0.25) is 4.99 Å². The number of hydrogen-bond acceptors (Lipinski definition) is 1. The van der Waals surface area contributed by atoms with Gasteiger partial charge < -0.3 is 0 Å². The molecule has 2 atom stereocenters. The molecule has 0 saturated carbocycles. The molecule has 1 aliphatic heterocycles. The van der Waals surface area contributed by atoms with E-state index in [-0.39, 0.29) is 0 Å². The van der Waals surface area contributed by atoms with Gasteiger partial charge in [-0.2, -0.15) is 0 Å². The fourth-order valence-corrected chi connectivity index (χ4v) is 14.1. The monoisotopic (exact) mass is 1000 g/mol. The maximum Gasteiger partial charge on any atom is 0.0768 e. The molecule has 0 bridgehead atoms. The Morgan fingerprint density at radius 3 is 1.60 bits per heavy atom. The third-order valence-corrected chi connectivity index (χ3v) is 17.4. The number of nitrogens with zero attached hydrogens (tertiary/aromatic N) is 1. The third-order valence-electron chi connectivity index (χ3n) is 17.4. The van der Waals surface area contributed by atoms with E-state index in [2.05, 4.69) is 271 Å². The molecule has 0 fully saturated rings. The SMILES string of the molecule is C=CC1=C(/C=C\C)C2(c3ccccc31)c1ccccc1C1(C3=C(N=C3)c3ccccc31)c1cc(-c3cc4c5ccccc5c5ccccc5c4cc3-c3cccc(C)c3)ccc12.CC.CC1=C(c2ccccc2C)C=CCC1. The lowest BCUT2D eigenvalue weighted by Gasteiger charge is -2.49. The highest BCUT2D eigenvalue weighted by Crippen LogP contribution is 2.68. The highest BCUT2D eigenvalue weighted by atomic mass is 14.8. The van der Waals surface area contributed by atoms with Crippen LogP contribution in [0.4, 0.5) is 0 Å². The maximum absolute atomic E-state index is 5.01. The van der Waals surface area contributed by atoms with Crippen molar-refractivity contribution in [3.63, 3.8) is 0 Å². The average molecular weight is 1000 g/mol. The fourth-order valence-electron chi connectivity index (χ4n) is 14.1. The first-order chi connectivity index (χ1) is 38.4. The van der Waals surface area contributed by atoms with Crippen LogP contribution >= 0.6 is 0 Å². The number of allylic oxidation sites excluding steroid dienone is 10. The van der Waals surface area contributed by atoms with Gasteiger partial charge in [-0.1, -0.05) is 244 Å². The molecule has 78 heavy (non-hydrogen) atoms. The summed E-state index contributed by atoms with van der Waals surface area (Å²) in [6, 6.07) is 75.2. The second kappa shape index (κ2) is 19.3. The van der Waals surface area contributed by atoms with Crippen LogP contribution in [0.1, 0.15) is 102 Å². The summed E-state index contributed by atoms with van der Waals surface area (Å²) in [6.07, 6.45) is 15.7. The van der Waals surface area contributed by atoms with Crippen LogP contribution in [0.25, 0.3) is 71.4 Å². The molecule has 0 aromatic heterocycles. The number of aliphatic imine (C=N–C) groups is 1. The van der Waals surface area contributed by atoms with Gasteiger partial charge in [0.2, 0.25) is 0 Å². The van der Waals surface area contributed by atoms with Crippen LogP contribution in [-0.2, 0) is 10.8 Å². The van der Waals surface area contributed by atoms with Crippen molar-refractivity contribution >= 4 is 55.4 Å². The Kier molecular flexibility index (Phi) is 12.0. The smallest absolute Gasteiger partial charge is 0.0768 e. The van der Waals surface area contributed by atoms with Crippen LogP contribution in [-0.4, -0.2) is 6.21 Å². The van der Waals surface area contributed by atoms with E-state index in [1.54, 1.807) is 0 Å². The fraction of sp³-hybridized carbons (Fsp3) is 0.130. The van der Waals surface area contributed by atoms with Crippen LogP contribution in [0.15, 0.2) is 259 Å². The van der Waals surface area contributed by atoms with Gasteiger partial charge in [0, 0.05) is 17.4 Å². The summed E-state index contributed by atoms with van der Waals surface area (Å²) in [5.74, 6) is 0. The van der Waals surface area contributed by atoms with E-state index in [1.165, 1.54) is 156 Å². The number of rotatable bonds is 5. The highest BCUT2D eigenvalue weighted by molar-refractivity contribution is 6.26. The first-order valence-corrected chi connectivity index (χ1v) is 28.0. The number of benzene rings is 10. The zero-order chi connectivity index (χ0) is 53.3. The molecular formula is C77H63N. The predicted octanol–water partition coefficient (Wildman–Crippen LogP) is 20.3. The third kappa shape index (κ3) is 6.97. The summed E-state index contributed by atoms with van der Waals surface area (Å²) in [7, 11) is 0. The van der Waals surface area contributed by atoms with E-state index >= 15 is 0 Å². The quantitative estimate of drug-likeness (QED) is 0.152. The molecule has 15 rings (SSSR count). The second-order valence-electron chi connectivity index (χ2n) is 21.3. The van der Waals surface area contributed by atoms with Crippen LogP contribution in [0.2, 0.25) is 0 Å². The van der Waals surface area contributed by atoms with E-state index in [1.807, 2.05) is 13.8 Å². The van der Waals surface area contributed by atoms with Crippen molar-refractivity contribution in [2.45, 2.75) is 65.2 Å². The van der Waals surface area contributed by atoms with Gasteiger partial charge >= 0.3 is 0 Å². The summed E-state index contributed by atoms with van der Waals surface area (Å²) >= 11 is 0. The summed E-state index contributed by atoms with van der Waals surface area (Å²) in [6.45, 7) is 17.2. The van der Waals surface area contributed by atoms with Gasteiger partial charge in [0.05, 0.1) is 16.5 Å². The van der Waals surface area contributed by atoms with E-state index in [9.17, 15) is 0 Å². The van der Waals surface area contributed by atoms with Crippen molar-refractivity contribution in [3.8, 4) is 22.3 Å². The zero-order valence-electron chi connectivity index (χ0n) is 45.6. The summed E-state index contributed by atoms with van der Waals surface area (Å²) in [5.41, 5.74) is 25.8. The topological polar surface area (TPSA) is 12.4 Å². The molecule has 2 spiro atoms. The largest absolute Gasteiger partial charge is 0.255 e. The molecule has 376 valence electrons. The van der Waals surface area contributed by atoms with Crippen molar-refractivity contribution in [1.82, 2.24) is 0 Å². The molecule has 1 nitrogen and oxygen atoms in total. The molecule has 1 heterocycles. The van der Waals surface area contributed by atoms with Gasteiger partial charge in [-0.25, -0.2) is 0 Å². The van der Waals surface area contributed by atoms with Gasteiger partial charge in [-0.15, -0.1) is 0 Å². The van der Waals surface area contributed by atoms with Crippen LogP contribution in [0.5, 0.6) is 0 Å². The molecule has 0 N–H and O–H groups in total. The Bertz CT molecular complexity index is 4350. The van der Waals surface area contributed by atoms with Crippen LogP contribution in [0, 0.1) is 13.8 Å². The Hall–Kier alpha value is -8.91. The minimum absolute atomic E-state index is 0.572. The molecule has 0 amide bonds. The standard InChI is InChI=1S/C61H41N.C14H16.C2H6/c1-4-17-51-40(5-2)45-24-10-12-26-52(45)60(51)54-28-14-15-29-55(54)61(53-27-13-11-25-46(53)59-58(61)36-62-59)57-33-39(30-31-56(57)60)48-35-50-44-23-9-7-21-42(44)41-20-6-8-22-43(41)49(50)34-47(48)38-19-16-18-37(3)32-38;1-11-7-3-5-9-13(11)14-10-6-4-8-12(14)2;1-2/h4-36H,2H2,1,3H3;3,5-7,9-10H,4,8H2,1-2H3;1-2H3/b17-4-;;. The zero-order valence-corrected chi connectivity index (χ0v) is 45.6. The average Bonchev–Trinajstić information content (AvgIpc) is 3.06. The molecule has 0 radical (unpaired) electrons. The summed E-state index contributed by atoms with van der Waals surface area (Å²) in [4.78, 5) is 5.01. The first-order valence-electron chi connectivity index (χ1n) is 28.0. The van der Waals surface area contributed by atoms with Crippen molar-refractivity contribution in [2.24, 2.45) is 4.99 Å².